The smallest absolute Gasteiger partial charge is 0.323 e. The lowest BCUT2D eigenvalue weighted by molar-refractivity contribution is 0.292. The van der Waals surface area contributed by atoms with Gasteiger partial charge in [-0.05, 0) is 24.9 Å². The van der Waals surface area contributed by atoms with Gasteiger partial charge in [-0.1, -0.05) is 6.92 Å². The molecule has 0 amide bonds. The number of nitrogens with zero attached hydrogens (tertiary/aromatic N) is 3. The highest BCUT2D eigenvalue weighted by Gasteiger charge is 2.05. The van der Waals surface area contributed by atoms with E-state index in [1.165, 1.54) is 0 Å². The molecule has 0 saturated carbocycles. The summed E-state index contributed by atoms with van der Waals surface area (Å²) >= 11 is 1.83. The standard InChI is InChI=1S/C11H21N5OS/c1-4-7-17-11-15-9(12-2)14-10(16-11)13-6-5-8-18-3/h4-8H2,1-3H3,(H2,12,13,14,15,16). The molecule has 2 N–H and O–H groups in total. The van der Waals surface area contributed by atoms with Crippen LogP contribution in [0.4, 0.5) is 11.9 Å². The molecule has 0 aliphatic heterocycles. The van der Waals surface area contributed by atoms with Gasteiger partial charge in [-0.15, -0.1) is 0 Å². The summed E-state index contributed by atoms with van der Waals surface area (Å²) in [6.07, 6.45) is 4.10. The molecule has 0 fully saturated rings. The third-order valence-electron chi connectivity index (χ3n) is 2.08. The van der Waals surface area contributed by atoms with E-state index in [2.05, 4.69) is 31.8 Å². The van der Waals surface area contributed by atoms with Gasteiger partial charge in [0.05, 0.1) is 6.61 Å². The molecule has 1 heterocycles. The van der Waals surface area contributed by atoms with Crippen LogP contribution in [0, 0.1) is 0 Å². The van der Waals surface area contributed by atoms with Crippen LogP contribution in [-0.2, 0) is 0 Å². The fourth-order valence-corrected chi connectivity index (χ4v) is 1.65. The van der Waals surface area contributed by atoms with Crippen LogP contribution in [0.3, 0.4) is 0 Å². The largest absolute Gasteiger partial charge is 0.463 e. The summed E-state index contributed by atoms with van der Waals surface area (Å²) in [5.41, 5.74) is 0. The molecule has 18 heavy (non-hydrogen) atoms. The SMILES string of the molecule is CCCOc1nc(NC)nc(NCCCSC)n1. The quantitative estimate of drug-likeness (QED) is 0.664. The zero-order valence-corrected chi connectivity index (χ0v) is 12.0. The van der Waals surface area contributed by atoms with E-state index >= 15 is 0 Å². The van der Waals surface area contributed by atoms with Crippen molar-refractivity contribution >= 4 is 23.7 Å². The first-order valence-corrected chi connectivity index (χ1v) is 7.49. The molecule has 7 heteroatoms. The van der Waals surface area contributed by atoms with Crippen molar-refractivity contribution in [3.63, 3.8) is 0 Å². The van der Waals surface area contributed by atoms with E-state index in [1.807, 2.05) is 18.7 Å². The Kier molecular flexibility index (Phi) is 7.24. The summed E-state index contributed by atoms with van der Waals surface area (Å²) in [6, 6.07) is 0.364. The number of hydrogen-bond acceptors (Lipinski definition) is 7. The fraction of sp³-hybridized carbons (Fsp3) is 0.727. The van der Waals surface area contributed by atoms with Gasteiger partial charge in [-0.3, -0.25) is 0 Å². The highest BCUT2D eigenvalue weighted by Crippen LogP contribution is 2.11. The van der Waals surface area contributed by atoms with E-state index < -0.39 is 0 Å². The van der Waals surface area contributed by atoms with E-state index in [0.717, 1.165) is 25.1 Å². The molecular formula is C11H21N5OS. The molecule has 0 bridgehead atoms. The second-order valence-corrected chi connectivity index (χ2v) is 4.62. The van der Waals surface area contributed by atoms with Gasteiger partial charge >= 0.3 is 6.01 Å². The van der Waals surface area contributed by atoms with Crippen LogP contribution in [0.1, 0.15) is 19.8 Å². The second-order valence-electron chi connectivity index (χ2n) is 3.64. The van der Waals surface area contributed by atoms with Crippen molar-refractivity contribution in [2.45, 2.75) is 19.8 Å². The molecule has 1 aromatic heterocycles. The van der Waals surface area contributed by atoms with Crippen molar-refractivity contribution < 1.29 is 4.74 Å². The monoisotopic (exact) mass is 271 g/mol. The average molecular weight is 271 g/mol. The Morgan fingerprint density at radius 1 is 1.22 bits per heavy atom. The van der Waals surface area contributed by atoms with Crippen LogP contribution in [0.15, 0.2) is 0 Å². The molecule has 0 unspecified atom stereocenters. The minimum absolute atomic E-state index is 0.364. The first kappa shape index (κ1) is 14.8. The number of thioether (sulfide) groups is 1. The second kappa shape index (κ2) is 8.79. The van der Waals surface area contributed by atoms with Crippen molar-refractivity contribution in [2.24, 2.45) is 0 Å². The Morgan fingerprint density at radius 2 is 2.00 bits per heavy atom. The minimum Gasteiger partial charge on any atom is -0.463 e. The van der Waals surface area contributed by atoms with Gasteiger partial charge in [-0.2, -0.15) is 26.7 Å². The molecule has 1 aromatic rings. The van der Waals surface area contributed by atoms with E-state index in [4.69, 9.17) is 4.74 Å². The summed E-state index contributed by atoms with van der Waals surface area (Å²) in [6.45, 7) is 3.50. The lowest BCUT2D eigenvalue weighted by atomic mass is 10.5. The topological polar surface area (TPSA) is 72.0 Å². The number of aromatic nitrogens is 3. The van der Waals surface area contributed by atoms with Crippen LogP contribution in [0.25, 0.3) is 0 Å². The van der Waals surface area contributed by atoms with E-state index in [0.29, 0.717) is 24.5 Å². The van der Waals surface area contributed by atoms with Gasteiger partial charge in [0.1, 0.15) is 0 Å². The summed E-state index contributed by atoms with van der Waals surface area (Å²) in [4.78, 5) is 12.6. The third-order valence-corrected chi connectivity index (χ3v) is 2.78. The minimum atomic E-state index is 0.364. The summed E-state index contributed by atoms with van der Waals surface area (Å²) in [5.74, 6) is 2.20. The fourth-order valence-electron chi connectivity index (χ4n) is 1.22. The van der Waals surface area contributed by atoms with Gasteiger partial charge in [0.25, 0.3) is 0 Å². The highest BCUT2D eigenvalue weighted by atomic mass is 32.2. The Labute approximate surface area is 112 Å². The molecule has 102 valence electrons. The summed E-state index contributed by atoms with van der Waals surface area (Å²) in [5, 5.41) is 6.07. The van der Waals surface area contributed by atoms with Crippen molar-refractivity contribution in [2.75, 3.05) is 42.8 Å². The summed E-state index contributed by atoms with van der Waals surface area (Å²) in [7, 11) is 1.77. The zero-order chi connectivity index (χ0) is 13.2. The Morgan fingerprint density at radius 3 is 2.67 bits per heavy atom. The Bertz CT molecular complexity index is 350. The van der Waals surface area contributed by atoms with E-state index in [9.17, 15) is 0 Å². The maximum atomic E-state index is 5.42. The molecule has 0 aromatic carbocycles. The molecule has 0 aliphatic rings. The number of ether oxygens (including phenoxy) is 1. The maximum absolute atomic E-state index is 5.42. The number of hydrogen-bond donors (Lipinski definition) is 2. The molecule has 0 saturated heterocycles. The maximum Gasteiger partial charge on any atom is 0.323 e. The predicted octanol–water partition coefficient (Wildman–Crippen LogP) is 1.87. The number of anilines is 2. The van der Waals surface area contributed by atoms with Crippen molar-refractivity contribution in [1.82, 2.24) is 15.0 Å². The first-order valence-electron chi connectivity index (χ1n) is 6.09. The van der Waals surface area contributed by atoms with Crippen LogP contribution in [-0.4, -0.2) is 47.2 Å². The van der Waals surface area contributed by atoms with Gasteiger partial charge in [0, 0.05) is 13.6 Å². The molecule has 0 radical (unpaired) electrons. The lowest BCUT2D eigenvalue weighted by Crippen LogP contribution is -2.11. The first-order chi connectivity index (χ1) is 8.80. The number of nitrogens with one attached hydrogen (secondary N) is 2. The number of rotatable bonds is 9. The molecule has 0 spiro atoms. The molecule has 0 aliphatic carbocycles. The van der Waals surface area contributed by atoms with Gasteiger partial charge in [0.2, 0.25) is 11.9 Å². The van der Waals surface area contributed by atoms with Gasteiger partial charge in [-0.25, -0.2) is 0 Å². The highest BCUT2D eigenvalue weighted by molar-refractivity contribution is 7.98. The molecule has 6 nitrogen and oxygen atoms in total. The Balaban J connectivity index is 2.58. The average Bonchev–Trinajstić information content (AvgIpc) is 2.41. The zero-order valence-electron chi connectivity index (χ0n) is 11.2. The third kappa shape index (κ3) is 5.39. The van der Waals surface area contributed by atoms with E-state index in [-0.39, 0.29) is 0 Å². The van der Waals surface area contributed by atoms with Crippen molar-refractivity contribution in [1.29, 1.82) is 0 Å². The normalized spacial score (nSPS) is 10.2. The van der Waals surface area contributed by atoms with Gasteiger partial charge < -0.3 is 15.4 Å². The van der Waals surface area contributed by atoms with Crippen LogP contribution < -0.4 is 15.4 Å². The molecule has 0 atom stereocenters. The van der Waals surface area contributed by atoms with Crippen LogP contribution >= 0.6 is 11.8 Å². The van der Waals surface area contributed by atoms with E-state index in [1.54, 1.807) is 7.05 Å². The van der Waals surface area contributed by atoms with Crippen LogP contribution in [0.5, 0.6) is 6.01 Å². The summed E-state index contributed by atoms with van der Waals surface area (Å²) < 4.78 is 5.42. The molecular weight excluding hydrogens is 250 g/mol. The van der Waals surface area contributed by atoms with Crippen molar-refractivity contribution in [3.05, 3.63) is 0 Å². The molecule has 1 rings (SSSR count). The lowest BCUT2D eigenvalue weighted by Gasteiger charge is -2.08. The Hall–Kier alpha value is -1.24. The van der Waals surface area contributed by atoms with Crippen molar-refractivity contribution in [3.8, 4) is 6.01 Å². The van der Waals surface area contributed by atoms with Gasteiger partial charge in [0.15, 0.2) is 0 Å². The predicted molar refractivity (Wildman–Crippen MR) is 76.6 cm³/mol. The van der Waals surface area contributed by atoms with Crippen LogP contribution in [0.2, 0.25) is 0 Å².